The molecule has 2 heterocycles. The van der Waals surface area contributed by atoms with E-state index >= 15 is 0 Å². The van der Waals surface area contributed by atoms with E-state index in [1.807, 2.05) is 0 Å². The summed E-state index contributed by atoms with van der Waals surface area (Å²) in [6, 6.07) is 8.19. The van der Waals surface area contributed by atoms with Crippen LogP contribution < -0.4 is 10.1 Å². The van der Waals surface area contributed by atoms with Gasteiger partial charge in [0.15, 0.2) is 21.3 Å². The van der Waals surface area contributed by atoms with E-state index in [9.17, 15) is 13.5 Å². The average Bonchev–Trinajstić information content (AvgIpc) is 2.90. The molecule has 1 aliphatic rings. The highest BCUT2D eigenvalue weighted by atomic mass is 32.2. The lowest BCUT2D eigenvalue weighted by molar-refractivity contribution is 0.373. The molecule has 0 unspecified atom stereocenters. The van der Waals surface area contributed by atoms with Crippen LogP contribution in [0.5, 0.6) is 11.5 Å². The van der Waals surface area contributed by atoms with Gasteiger partial charge in [0.05, 0.1) is 23.3 Å². The van der Waals surface area contributed by atoms with Gasteiger partial charge >= 0.3 is 0 Å². The standard InChI is InChI=1S/C17H15N3O4S/c1-24-14-4-2-10(8-13(14)21)20-17-16-11-6-7-25(22,23)15(11)5-3-12(16)18-9-19-17/h2-5,8-9,21H,6-7H2,1H3,(H,18,19,20). The molecule has 0 amide bonds. The fourth-order valence-corrected chi connectivity index (χ4v) is 4.63. The van der Waals surface area contributed by atoms with Gasteiger partial charge in [-0.15, -0.1) is 0 Å². The van der Waals surface area contributed by atoms with Crippen LogP contribution in [0.3, 0.4) is 0 Å². The van der Waals surface area contributed by atoms with Crippen molar-refractivity contribution in [3.63, 3.8) is 0 Å². The van der Waals surface area contributed by atoms with E-state index in [0.717, 1.165) is 5.56 Å². The van der Waals surface area contributed by atoms with Crippen LogP contribution in [0.2, 0.25) is 0 Å². The Hall–Kier alpha value is -2.87. The van der Waals surface area contributed by atoms with Gasteiger partial charge in [-0.25, -0.2) is 18.4 Å². The summed E-state index contributed by atoms with van der Waals surface area (Å²) in [5, 5.41) is 13.8. The second kappa shape index (κ2) is 5.59. The quantitative estimate of drug-likeness (QED) is 0.742. The number of phenolic OH excluding ortho intramolecular Hbond substituents is 1. The molecule has 4 rings (SSSR count). The minimum absolute atomic E-state index is 0.00123. The molecule has 128 valence electrons. The third-order valence-electron chi connectivity index (χ3n) is 4.27. The number of fused-ring (bicyclic) bond motifs is 3. The fourth-order valence-electron chi connectivity index (χ4n) is 3.09. The zero-order chi connectivity index (χ0) is 17.6. The number of aryl methyl sites for hydroxylation is 1. The Morgan fingerprint density at radius 1 is 1.20 bits per heavy atom. The molecule has 0 aliphatic carbocycles. The van der Waals surface area contributed by atoms with Crippen molar-refractivity contribution in [1.82, 2.24) is 9.97 Å². The molecule has 8 heteroatoms. The molecule has 1 aromatic heterocycles. The number of hydrogen-bond acceptors (Lipinski definition) is 7. The van der Waals surface area contributed by atoms with Gasteiger partial charge in [0, 0.05) is 17.1 Å². The predicted molar refractivity (Wildman–Crippen MR) is 93.2 cm³/mol. The van der Waals surface area contributed by atoms with Crippen LogP contribution >= 0.6 is 0 Å². The molecule has 0 atom stereocenters. The molecule has 7 nitrogen and oxygen atoms in total. The van der Waals surface area contributed by atoms with Gasteiger partial charge in [-0.2, -0.15) is 0 Å². The molecule has 0 bridgehead atoms. The Labute approximate surface area is 144 Å². The largest absolute Gasteiger partial charge is 0.504 e. The van der Waals surface area contributed by atoms with E-state index in [4.69, 9.17) is 4.74 Å². The van der Waals surface area contributed by atoms with Crippen molar-refractivity contribution in [2.24, 2.45) is 0 Å². The molecule has 0 saturated carbocycles. The van der Waals surface area contributed by atoms with Gasteiger partial charge < -0.3 is 15.2 Å². The van der Waals surface area contributed by atoms with Gasteiger partial charge in [0.1, 0.15) is 12.1 Å². The van der Waals surface area contributed by atoms with Crippen molar-refractivity contribution in [2.75, 3.05) is 18.2 Å². The fraction of sp³-hybridized carbons (Fsp3) is 0.176. The van der Waals surface area contributed by atoms with Gasteiger partial charge in [0.25, 0.3) is 0 Å². The van der Waals surface area contributed by atoms with E-state index in [1.54, 1.807) is 24.3 Å². The number of nitrogens with one attached hydrogen (secondary N) is 1. The van der Waals surface area contributed by atoms with E-state index in [0.29, 0.717) is 39.5 Å². The lowest BCUT2D eigenvalue weighted by Crippen LogP contribution is -2.00. The van der Waals surface area contributed by atoms with Crippen molar-refractivity contribution in [3.05, 3.63) is 42.2 Å². The van der Waals surface area contributed by atoms with Crippen molar-refractivity contribution in [3.8, 4) is 11.5 Å². The molecule has 0 radical (unpaired) electrons. The first-order valence-electron chi connectivity index (χ1n) is 7.63. The highest BCUT2D eigenvalue weighted by Crippen LogP contribution is 2.36. The molecule has 0 saturated heterocycles. The van der Waals surface area contributed by atoms with Gasteiger partial charge in [-0.05, 0) is 36.2 Å². The van der Waals surface area contributed by atoms with Crippen LogP contribution in [0, 0.1) is 0 Å². The van der Waals surface area contributed by atoms with Crippen LogP contribution in [-0.2, 0) is 16.3 Å². The van der Waals surface area contributed by atoms with Crippen LogP contribution in [0.1, 0.15) is 5.56 Å². The van der Waals surface area contributed by atoms with Crippen LogP contribution in [-0.4, -0.2) is 36.4 Å². The number of methoxy groups -OCH3 is 1. The number of anilines is 2. The molecule has 2 aromatic carbocycles. The molecule has 25 heavy (non-hydrogen) atoms. The minimum Gasteiger partial charge on any atom is -0.504 e. The summed E-state index contributed by atoms with van der Waals surface area (Å²) in [6.45, 7) is 0. The SMILES string of the molecule is COc1ccc(Nc2ncnc3ccc4c(c23)CCS4(=O)=O)cc1O. The topological polar surface area (TPSA) is 101 Å². The lowest BCUT2D eigenvalue weighted by atomic mass is 10.1. The monoisotopic (exact) mass is 357 g/mol. The summed E-state index contributed by atoms with van der Waals surface area (Å²) in [5.74, 6) is 0.964. The Bertz CT molecular complexity index is 1100. The number of phenols is 1. The summed E-state index contributed by atoms with van der Waals surface area (Å²) < 4.78 is 29.4. The Morgan fingerprint density at radius 2 is 2.04 bits per heavy atom. The first-order valence-corrected chi connectivity index (χ1v) is 9.28. The summed E-state index contributed by atoms with van der Waals surface area (Å²) in [6.07, 6.45) is 1.86. The zero-order valence-corrected chi connectivity index (χ0v) is 14.2. The van der Waals surface area contributed by atoms with Crippen LogP contribution in [0.25, 0.3) is 10.9 Å². The third kappa shape index (κ3) is 2.54. The van der Waals surface area contributed by atoms with E-state index in [-0.39, 0.29) is 11.5 Å². The molecular weight excluding hydrogens is 342 g/mol. The van der Waals surface area contributed by atoms with E-state index in [1.165, 1.54) is 19.5 Å². The second-order valence-corrected chi connectivity index (χ2v) is 7.82. The van der Waals surface area contributed by atoms with Crippen molar-refractivity contribution in [1.29, 1.82) is 0 Å². The number of benzene rings is 2. The van der Waals surface area contributed by atoms with Gasteiger partial charge in [0.2, 0.25) is 0 Å². The number of rotatable bonds is 3. The maximum absolute atomic E-state index is 12.2. The van der Waals surface area contributed by atoms with Gasteiger partial charge in [-0.3, -0.25) is 0 Å². The first-order chi connectivity index (χ1) is 12.0. The number of hydrogen-bond donors (Lipinski definition) is 2. The van der Waals surface area contributed by atoms with Gasteiger partial charge in [-0.1, -0.05) is 0 Å². The molecule has 0 spiro atoms. The molecule has 2 N–H and O–H groups in total. The zero-order valence-electron chi connectivity index (χ0n) is 13.4. The lowest BCUT2D eigenvalue weighted by Gasteiger charge is -2.12. The van der Waals surface area contributed by atoms with E-state index in [2.05, 4.69) is 15.3 Å². The number of nitrogens with zero attached hydrogens (tertiary/aromatic N) is 2. The number of aromatic hydroxyl groups is 1. The van der Waals surface area contributed by atoms with Crippen LogP contribution in [0.15, 0.2) is 41.6 Å². The smallest absolute Gasteiger partial charge is 0.179 e. The van der Waals surface area contributed by atoms with Crippen LogP contribution in [0.4, 0.5) is 11.5 Å². The van der Waals surface area contributed by atoms with Crippen molar-refractivity contribution < 1.29 is 18.3 Å². The summed E-state index contributed by atoms with van der Waals surface area (Å²) in [5.41, 5.74) is 2.01. The first kappa shape index (κ1) is 15.6. The predicted octanol–water partition coefficient (Wildman–Crippen LogP) is 2.42. The van der Waals surface area contributed by atoms with Crippen molar-refractivity contribution >= 4 is 32.2 Å². The Morgan fingerprint density at radius 3 is 2.80 bits per heavy atom. The summed E-state index contributed by atoms with van der Waals surface area (Å²) >= 11 is 0. The summed E-state index contributed by atoms with van der Waals surface area (Å²) in [4.78, 5) is 8.85. The van der Waals surface area contributed by atoms with Crippen molar-refractivity contribution in [2.45, 2.75) is 11.3 Å². The third-order valence-corrected chi connectivity index (χ3v) is 6.06. The Balaban J connectivity index is 1.86. The maximum Gasteiger partial charge on any atom is 0.179 e. The minimum atomic E-state index is -3.24. The molecular formula is C17H15N3O4S. The maximum atomic E-state index is 12.2. The molecule has 0 fully saturated rings. The highest BCUT2D eigenvalue weighted by Gasteiger charge is 2.29. The number of ether oxygens (including phenoxy) is 1. The highest BCUT2D eigenvalue weighted by molar-refractivity contribution is 7.91. The molecule has 1 aliphatic heterocycles. The number of aromatic nitrogens is 2. The normalized spacial score (nSPS) is 15.1. The summed E-state index contributed by atoms with van der Waals surface area (Å²) in [7, 11) is -1.77. The molecule has 3 aromatic rings. The second-order valence-electron chi connectivity index (χ2n) is 5.74. The average molecular weight is 357 g/mol. The van der Waals surface area contributed by atoms with E-state index < -0.39 is 9.84 Å². The number of sulfone groups is 1. The Kier molecular flexibility index (Phi) is 3.50.